The molecule has 0 aromatic heterocycles. The summed E-state index contributed by atoms with van der Waals surface area (Å²) in [6, 6.07) is 14.1. The maximum absolute atomic E-state index is 12.4. The summed E-state index contributed by atoms with van der Waals surface area (Å²) in [7, 11) is 0. The maximum atomic E-state index is 12.4. The molecule has 1 amide bonds. The van der Waals surface area contributed by atoms with Crippen LogP contribution in [0.3, 0.4) is 0 Å². The molecule has 1 saturated carbocycles. The molecule has 2 aromatic rings. The van der Waals surface area contributed by atoms with Crippen LogP contribution in [0.1, 0.15) is 37.8 Å². The highest BCUT2D eigenvalue weighted by atomic mass is 16.4. The summed E-state index contributed by atoms with van der Waals surface area (Å²) in [5.74, 6) is -1.39. The minimum Gasteiger partial charge on any atom is -0.481 e. The van der Waals surface area contributed by atoms with Crippen LogP contribution < -0.4 is 5.32 Å². The summed E-state index contributed by atoms with van der Waals surface area (Å²) in [5, 5.41) is 14.4. The van der Waals surface area contributed by atoms with E-state index in [-0.39, 0.29) is 23.8 Å². The van der Waals surface area contributed by atoms with E-state index >= 15 is 0 Å². The summed E-state index contributed by atoms with van der Waals surface area (Å²) in [6.07, 6.45) is 1.70. The van der Waals surface area contributed by atoms with Crippen molar-refractivity contribution < 1.29 is 14.7 Å². The number of carboxylic acid groups (broad SMARTS) is 1. The van der Waals surface area contributed by atoms with Crippen molar-refractivity contribution in [3.63, 3.8) is 0 Å². The summed E-state index contributed by atoms with van der Waals surface area (Å²) in [5.41, 5.74) is 1.09. The molecule has 0 saturated heterocycles. The molecule has 1 fully saturated rings. The van der Waals surface area contributed by atoms with Gasteiger partial charge < -0.3 is 10.4 Å². The van der Waals surface area contributed by atoms with E-state index < -0.39 is 5.97 Å². The standard InChI is InChI=1S/C19H21NO3/c1-12(16-8-4-6-13-5-2-3-7-17(13)16)20-18(21)14-9-10-15(11-14)19(22)23/h2-8,12,14-15H,9-11H2,1H3,(H,20,21)(H,22,23)/t12?,14-,15+/m1/s1. The molecule has 0 bridgehead atoms. The Balaban J connectivity index is 1.72. The Morgan fingerprint density at radius 2 is 1.78 bits per heavy atom. The molecule has 120 valence electrons. The predicted molar refractivity (Wildman–Crippen MR) is 89.0 cm³/mol. The van der Waals surface area contributed by atoms with Gasteiger partial charge in [0.05, 0.1) is 12.0 Å². The number of nitrogens with one attached hydrogen (secondary N) is 1. The lowest BCUT2D eigenvalue weighted by Gasteiger charge is -2.19. The second-order valence-corrected chi connectivity index (χ2v) is 6.34. The van der Waals surface area contributed by atoms with Crippen LogP contribution in [0.4, 0.5) is 0 Å². The van der Waals surface area contributed by atoms with E-state index in [0.717, 1.165) is 16.3 Å². The quantitative estimate of drug-likeness (QED) is 0.908. The molecule has 2 N–H and O–H groups in total. The monoisotopic (exact) mass is 311 g/mol. The van der Waals surface area contributed by atoms with Crippen molar-refractivity contribution in [1.82, 2.24) is 5.32 Å². The lowest BCUT2D eigenvalue weighted by Crippen LogP contribution is -2.32. The molecule has 1 aliphatic rings. The van der Waals surface area contributed by atoms with Crippen molar-refractivity contribution in [1.29, 1.82) is 0 Å². The molecule has 3 atom stereocenters. The Bertz CT molecular complexity index is 735. The number of fused-ring (bicyclic) bond motifs is 1. The van der Waals surface area contributed by atoms with Gasteiger partial charge in [-0.15, -0.1) is 0 Å². The summed E-state index contributed by atoms with van der Waals surface area (Å²) in [4.78, 5) is 23.5. The summed E-state index contributed by atoms with van der Waals surface area (Å²) in [6.45, 7) is 1.98. The predicted octanol–water partition coefficient (Wildman–Crippen LogP) is 3.52. The zero-order chi connectivity index (χ0) is 16.4. The number of benzene rings is 2. The van der Waals surface area contributed by atoms with Gasteiger partial charge in [-0.05, 0) is 42.5 Å². The van der Waals surface area contributed by atoms with E-state index in [1.54, 1.807) is 0 Å². The number of aliphatic carboxylic acids is 1. The Kier molecular flexibility index (Phi) is 4.33. The molecule has 4 nitrogen and oxygen atoms in total. The van der Waals surface area contributed by atoms with Crippen LogP contribution in [0.15, 0.2) is 42.5 Å². The molecule has 0 aliphatic heterocycles. The molecule has 0 radical (unpaired) electrons. The van der Waals surface area contributed by atoms with E-state index in [9.17, 15) is 9.59 Å². The van der Waals surface area contributed by atoms with Gasteiger partial charge in [0.1, 0.15) is 0 Å². The van der Waals surface area contributed by atoms with Gasteiger partial charge in [-0.3, -0.25) is 9.59 Å². The van der Waals surface area contributed by atoms with Gasteiger partial charge in [-0.25, -0.2) is 0 Å². The second-order valence-electron chi connectivity index (χ2n) is 6.34. The van der Waals surface area contributed by atoms with Crippen LogP contribution in [0.25, 0.3) is 10.8 Å². The number of carbonyl (C=O) groups is 2. The van der Waals surface area contributed by atoms with Crippen LogP contribution in [0.5, 0.6) is 0 Å². The third-order valence-electron chi connectivity index (χ3n) is 4.80. The van der Waals surface area contributed by atoms with E-state index in [2.05, 4.69) is 23.5 Å². The minimum absolute atomic E-state index is 0.0332. The van der Waals surface area contributed by atoms with E-state index in [0.29, 0.717) is 19.3 Å². The molecule has 23 heavy (non-hydrogen) atoms. The van der Waals surface area contributed by atoms with Crippen LogP contribution in [-0.4, -0.2) is 17.0 Å². The van der Waals surface area contributed by atoms with Crippen LogP contribution in [0, 0.1) is 11.8 Å². The Labute approximate surface area is 135 Å². The average molecular weight is 311 g/mol. The number of amides is 1. The Hall–Kier alpha value is -2.36. The van der Waals surface area contributed by atoms with E-state index in [1.165, 1.54) is 0 Å². The molecule has 0 spiro atoms. The fraction of sp³-hybridized carbons (Fsp3) is 0.368. The molecular weight excluding hydrogens is 290 g/mol. The largest absolute Gasteiger partial charge is 0.481 e. The first-order valence-electron chi connectivity index (χ1n) is 8.07. The first kappa shape index (κ1) is 15.5. The second kappa shape index (κ2) is 6.41. The number of hydrogen-bond donors (Lipinski definition) is 2. The summed E-state index contributed by atoms with van der Waals surface area (Å²) < 4.78 is 0. The van der Waals surface area contributed by atoms with Crippen molar-refractivity contribution in [2.75, 3.05) is 0 Å². The smallest absolute Gasteiger partial charge is 0.306 e. The zero-order valence-electron chi connectivity index (χ0n) is 13.2. The molecule has 4 heteroatoms. The van der Waals surface area contributed by atoms with Gasteiger partial charge in [-0.2, -0.15) is 0 Å². The van der Waals surface area contributed by atoms with Gasteiger partial charge in [0.15, 0.2) is 0 Å². The Morgan fingerprint density at radius 1 is 1.09 bits per heavy atom. The van der Waals surface area contributed by atoms with Crippen molar-refractivity contribution in [3.05, 3.63) is 48.0 Å². The zero-order valence-corrected chi connectivity index (χ0v) is 13.2. The molecule has 1 aliphatic carbocycles. The normalized spacial score (nSPS) is 22.0. The van der Waals surface area contributed by atoms with Crippen LogP contribution >= 0.6 is 0 Å². The van der Waals surface area contributed by atoms with E-state index in [1.807, 2.05) is 31.2 Å². The molecular formula is C19H21NO3. The molecule has 1 unspecified atom stereocenters. The minimum atomic E-state index is -0.789. The number of hydrogen-bond acceptors (Lipinski definition) is 2. The highest BCUT2D eigenvalue weighted by Crippen LogP contribution is 2.32. The Morgan fingerprint density at radius 3 is 2.52 bits per heavy atom. The molecule has 2 aromatic carbocycles. The van der Waals surface area contributed by atoms with Gasteiger partial charge >= 0.3 is 5.97 Å². The lowest BCUT2D eigenvalue weighted by atomic mass is 9.98. The van der Waals surface area contributed by atoms with Crippen molar-refractivity contribution in [2.45, 2.75) is 32.2 Å². The number of carboxylic acids is 1. The maximum Gasteiger partial charge on any atom is 0.306 e. The van der Waals surface area contributed by atoms with Gasteiger partial charge in [0.25, 0.3) is 0 Å². The topological polar surface area (TPSA) is 66.4 Å². The van der Waals surface area contributed by atoms with Crippen LogP contribution in [0.2, 0.25) is 0 Å². The molecule has 0 heterocycles. The highest BCUT2D eigenvalue weighted by molar-refractivity contribution is 5.87. The van der Waals surface area contributed by atoms with Gasteiger partial charge in [0, 0.05) is 5.92 Å². The number of carbonyl (C=O) groups excluding carboxylic acids is 1. The van der Waals surface area contributed by atoms with Crippen molar-refractivity contribution in [2.24, 2.45) is 11.8 Å². The van der Waals surface area contributed by atoms with Crippen molar-refractivity contribution in [3.8, 4) is 0 Å². The third-order valence-corrected chi connectivity index (χ3v) is 4.80. The first-order valence-corrected chi connectivity index (χ1v) is 8.07. The molecule has 3 rings (SSSR count). The van der Waals surface area contributed by atoms with Gasteiger partial charge in [0.2, 0.25) is 5.91 Å². The van der Waals surface area contributed by atoms with Gasteiger partial charge in [-0.1, -0.05) is 42.5 Å². The van der Waals surface area contributed by atoms with Crippen molar-refractivity contribution >= 4 is 22.6 Å². The number of rotatable bonds is 4. The SMILES string of the molecule is CC(NC(=O)[C@@H]1CC[C@H](C(=O)O)C1)c1cccc2ccccc12. The fourth-order valence-electron chi connectivity index (χ4n) is 3.48. The third kappa shape index (κ3) is 3.21. The average Bonchev–Trinajstić information content (AvgIpc) is 3.04. The lowest BCUT2D eigenvalue weighted by molar-refractivity contribution is -0.141. The highest BCUT2D eigenvalue weighted by Gasteiger charge is 2.34. The first-order chi connectivity index (χ1) is 11.1. The van der Waals surface area contributed by atoms with E-state index in [4.69, 9.17) is 5.11 Å². The van der Waals surface area contributed by atoms with Crippen LogP contribution in [-0.2, 0) is 9.59 Å². The summed E-state index contributed by atoms with van der Waals surface area (Å²) >= 11 is 0. The fourth-order valence-corrected chi connectivity index (χ4v) is 3.48.